The molecule has 2 aliphatic rings. The van der Waals surface area contributed by atoms with E-state index in [1.54, 1.807) is 5.57 Å². The predicted molar refractivity (Wildman–Crippen MR) is 75.8 cm³/mol. The van der Waals surface area contributed by atoms with E-state index in [-0.39, 0.29) is 0 Å². The van der Waals surface area contributed by atoms with E-state index in [0.29, 0.717) is 0 Å². The molecule has 1 heterocycles. The van der Waals surface area contributed by atoms with Gasteiger partial charge in [-0.05, 0) is 48.1 Å². The van der Waals surface area contributed by atoms with Crippen LogP contribution in [0.4, 0.5) is 0 Å². The summed E-state index contributed by atoms with van der Waals surface area (Å²) < 4.78 is 1.16. The van der Waals surface area contributed by atoms with Crippen LogP contribution in [0.3, 0.4) is 0 Å². The van der Waals surface area contributed by atoms with Crippen molar-refractivity contribution in [1.82, 2.24) is 4.90 Å². The highest BCUT2D eigenvalue weighted by Crippen LogP contribution is 2.40. The Hall–Kier alpha value is -0.600. The van der Waals surface area contributed by atoms with Gasteiger partial charge in [-0.1, -0.05) is 41.1 Å². The highest BCUT2D eigenvalue weighted by atomic mass is 79.9. The Morgan fingerprint density at radius 3 is 2.65 bits per heavy atom. The van der Waals surface area contributed by atoms with Gasteiger partial charge in [-0.3, -0.25) is 0 Å². The Bertz CT molecular complexity index is 435. The number of nitrogens with zero attached hydrogens (tertiary/aromatic N) is 1. The number of hydrogen-bond donors (Lipinski definition) is 0. The molecule has 1 fully saturated rings. The molecule has 17 heavy (non-hydrogen) atoms. The Morgan fingerprint density at radius 1 is 1.24 bits per heavy atom. The van der Waals surface area contributed by atoms with Gasteiger partial charge in [-0.25, -0.2) is 0 Å². The lowest BCUT2D eigenvalue weighted by molar-refractivity contribution is 0.341. The maximum absolute atomic E-state index is 3.49. The van der Waals surface area contributed by atoms with E-state index in [1.165, 1.54) is 31.6 Å². The predicted octanol–water partition coefficient (Wildman–Crippen LogP) is 3.80. The number of fused-ring (bicyclic) bond motifs is 1. The second-order valence-corrected chi connectivity index (χ2v) is 6.09. The van der Waals surface area contributed by atoms with Crippen LogP contribution in [0, 0.1) is 11.8 Å². The third-order valence-electron chi connectivity index (χ3n) is 4.13. The lowest BCUT2D eigenvalue weighted by Gasteiger charge is -2.13. The smallest absolute Gasteiger partial charge is 0.0175 e. The van der Waals surface area contributed by atoms with Crippen molar-refractivity contribution in [2.75, 3.05) is 19.6 Å². The van der Waals surface area contributed by atoms with Gasteiger partial charge in [-0.15, -0.1) is 0 Å². The van der Waals surface area contributed by atoms with E-state index < -0.39 is 0 Å². The zero-order chi connectivity index (χ0) is 11.8. The average Bonchev–Trinajstić information content (AvgIpc) is 2.87. The molecule has 2 atom stereocenters. The molecule has 3 rings (SSSR count). The van der Waals surface area contributed by atoms with E-state index in [9.17, 15) is 0 Å². The monoisotopic (exact) mass is 291 g/mol. The SMILES string of the molecule is CCN1C[C@H]2CC(c3ccc(Br)cc3)=C[C@H]2C1. The summed E-state index contributed by atoms with van der Waals surface area (Å²) in [5.41, 5.74) is 2.97. The molecular weight excluding hydrogens is 274 g/mol. The maximum atomic E-state index is 3.49. The fourth-order valence-corrected chi connectivity index (χ4v) is 3.40. The van der Waals surface area contributed by atoms with Crippen molar-refractivity contribution in [3.63, 3.8) is 0 Å². The minimum Gasteiger partial charge on any atom is -0.303 e. The van der Waals surface area contributed by atoms with Crippen molar-refractivity contribution in [1.29, 1.82) is 0 Å². The molecule has 2 heteroatoms. The fourth-order valence-electron chi connectivity index (χ4n) is 3.14. The first-order chi connectivity index (χ1) is 8.26. The molecular formula is C15H18BrN. The first-order valence-corrected chi connectivity index (χ1v) is 7.24. The Balaban J connectivity index is 1.77. The molecule has 1 aromatic rings. The van der Waals surface area contributed by atoms with Gasteiger partial charge in [0.2, 0.25) is 0 Å². The van der Waals surface area contributed by atoms with Crippen LogP contribution in [0.15, 0.2) is 34.8 Å². The van der Waals surface area contributed by atoms with Crippen molar-refractivity contribution < 1.29 is 0 Å². The largest absolute Gasteiger partial charge is 0.303 e. The van der Waals surface area contributed by atoms with Gasteiger partial charge < -0.3 is 4.90 Å². The second kappa shape index (κ2) is 4.58. The standard InChI is InChI=1S/C15H18BrN/c1-2-17-9-13-7-12(8-14(13)10-17)11-3-5-15(16)6-4-11/h3-7,13-14H,2,8-10H2,1H3/t13-,14+/m0/s1. The minimum atomic E-state index is 0.800. The Kier molecular flexibility index (Phi) is 3.10. The Morgan fingerprint density at radius 2 is 2.00 bits per heavy atom. The molecule has 0 bridgehead atoms. The van der Waals surface area contributed by atoms with Crippen molar-refractivity contribution in [3.05, 3.63) is 40.4 Å². The summed E-state index contributed by atoms with van der Waals surface area (Å²) in [6, 6.07) is 8.74. The van der Waals surface area contributed by atoms with Gasteiger partial charge in [0.1, 0.15) is 0 Å². The van der Waals surface area contributed by atoms with E-state index >= 15 is 0 Å². The van der Waals surface area contributed by atoms with Crippen molar-refractivity contribution in [3.8, 4) is 0 Å². The van der Waals surface area contributed by atoms with E-state index in [4.69, 9.17) is 0 Å². The summed E-state index contributed by atoms with van der Waals surface area (Å²) in [6.45, 7) is 6.02. The van der Waals surface area contributed by atoms with Crippen molar-refractivity contribution in [2.45, 2.75) is 13.3 Å². The summed E-state index contributed by atoms with van der Waals surface area (Å²) in [4.78, 5) is 2.57. The summed E-state index contributed by atoms with van der Waals surface area (Å²) in [5, 5.41) is 0. The molecule has 0 aromatic heterocycles. The molecule has 0 radical (unpaired) electrons. The molecule has 0 spiro atoms. The van der Waals surface area contributed by atoms with Crippen LogP contribution < -0.4 is 0 Å². The summed E-state index contributed by atoms with van der Waals surface area (Å²) in [5.74, 6) is 1.67. The number of rotatable bonds is 2. The zero-order valence-electron chi connectivity index (χ0n) is 10.2. The lowest BCUT2D eigenvalue weighted by Crippen LogP contribution is -2.20. The van der Waals surface area contributed by atoms with Gasteiger partial charge >= 0.3 is 0 Å². The van der Waals surface area contributed by atoms with Gasteiger partial charge in [-0.2, -0.15) is 0 Å². The summed E-state index contributed by atoms with van der Waals surface area (Å²) in [6.07, 6.45) is 3.78. The molecule has 1 aliphatic carbocycles. The fraction of sp³-hybridized carbons (Fsp3) is 0.467. The van der Waals surface area contributed by atoms with Crippen molar-refractivity contribution >= 4 is 21.5 Å². The van der Waals surface area contributed by atoms with Gasteiger partial charge in [0, 0.05) is 17.6 Å². The van der Waals surface area contributed by atoms with Crippen LogP contribution in [0.1, 0.15) is 18.9 Å². The summed E-state index contributed by atoms with van der Waals surface area (Å²) >= 11 is 3.49. The highest BCUT2D eigenvalue weighted by Gasteiger charge is 2.35. The van der Waals surface area contributed by atoms with Crippen LogP contribution in [0.2, 0.25) is 0 Å². The number of allylic oxidation sites excluding steroid dienone is 1. The second-order valence-electron chi connectivity index (χ2n) is 5.18. The minimum absolute atomic E-state index is 0.800. The average molecular weight is 292 g/mol. The maximum Gasteiger partial charge on any atom is 0.0175 e. The van der Waals surface area contributed by atoms with E-state index in [1.807, 2.05) is 0 Å². The van der Waals surface area contributed by atoms with Crippen LogP contribution in [-0.4, -0.2) is 24.5 Å². The van der Waals surface area contributed by atoms with Crippen LogP contribution in [0.5, 0.6) is 0 Å². The molecule has 1 saturated heterocycles. The summed E-state index contributed by atoms with van der Waals surface area (Å²) in [7, 11) is 0. The van der Waals surface area contributed by atoms with Crippen LogP contribution in [-0.2, 0) is 0 Å². The number of likely N-dealkylation sites (tertiary alicyclic amines) is 1. The van der Waals surface area contributed by atoms with Gasteiger partial charge in [0.05, 0.1) is 0 Å². The third kappa shape index (κ3) is 2.21. The Labute approximate surface area is 112 Å². The topological polar surface area (TPSA) is 3.24 Å². The van der Waals surface area contributed by atoms with Crippen LogP contribution in [0.25, 0.3) is 5.57 Å². The first kappa shape index (κ1) is 11.5. The third-order valence-corrected chi connectivity index (χ3v) is 4.66. The molecule has 0 N–H and O–H groups in total. The molecule has 0 saturated carbocycles. The van der Waals surface area contributed by atoms with Crippen molar-refractivity contribution in [2.24, 2.45) is 11.8 Å². The first-order valence-electron chi connectivity index (χ1n) is 6.45. The zero-order valence-corrected chi connectivity index (χ0v) is 11.8. The number of hydrogen-bond acceptors (Lipinski definition) is 1. The molecule has 0 amide bonds. The normalized spacial score (nSPS) is 28.2. The number of benzene rings is 1. The van der Waals surface area contributed by atoms with E-state index in [2.05, 4.69) is 58.1 Å². The molecule has 1 aromatic carbocycles. The van der Waals surface area contributed by atoms with Gasteiger partial charge in [0.15, 0.2) is 0 Å². The molecule has 90 valence electrons. The molecule has 1 aliphatic heterocycles. The lowest BCUT2D eigenvalue weighted by atomic mass is 9.98. The molecule has 1 nitrogen and oxygen atoms in total. The van der Waals surface area contributed by atoms with Gasteiger partial charge in [0.25, 0.3) is 0 Å². The van der Waals surface area contributed by atoms with E-state index in [0.717, 1.165) is 16.3 Å². The molecule has 0 unspecified atom stereocenters. The van der Waals surface area contributed by atoms with Crippen LogP contribution >= 0.6 is 15.9 Å². The quantitative estimate of drug-likeness (QED) is 0.801. The number of halogens is 1. The highest BCUT2D eigenvalue weighted by molar-refractivity contribution is 9.10.